The molecule has 4 N–H and O–H groups in total. The van der Waals surface area contributed by atoms with E-state index in [4.69, 9.17) is 13.6 Å². The van der Waals surface area contributed by atoms with Crippen LogP contribution in [0.15, 0.2) is 42.9 Å². The first-order valence-electron chi connectivity index (χ1n) is 11.8. The summed E-state index contributed by atoms with van der Waals surface area (Å²) in [6.45, 7) is 6.21. The van der Waals surface area contributed by atoms with Gasteiger partial charge in [-0.05, 0) is 20.8 Å². The number of fused-ring (bicyclic) bond motifs is 2. The van der Waals surface area contributed by atoms with Crippen LogP contribution in [0.5, 0.6) is 0 Å². The molecule has 0 saturated carbocycles. The Morgan fingerprint density at radius 2 is 1.28 bits per heavy atom. The molecule has 0 bridgehead atoms. The smallest absolute Gasteiger partial charge is 0.374 e. The molecule has 0 aliphatic rings. The van der Waals surface area contributed by atoms with Crippen LogP contribution in [-0.2, 0) is 9.47 Å². The van der Waals surface area contributed by atoms with Crippen molar-refractivity contribution >= 4 is 46.0 Å². The van der Waals surface area contributed by atoms with Crippen LogP contribution in [-0.4, -0.2) is 60.5 Å². The van der Waals surface area contributed by atoms with Crippen molar-refractivity contribution in [1.82, 2.24) is 20.6 Å². The molecule has 0 aliphatic heterocycles. The van der Waals surface area contributed by atoms with Crippen LogP contribution < -0.4 is 21.5 Å². The Hall–Kier alpha value is -5.14. The van der Waals surface area contributed by atoms with Gasteiger partial charge in [-0.3, -0.25) is 19.2 Å². The molecule has 0 unspecified atom stereocenters. The van der Waals surface area contributed by atoms with Gasteiger partial charge in [-0.15, -0.1) is 0 Å². The summed E-state index contributed by atoms with van der Waals surface area (Å²) in [7, 11) is 1.20. The normalized spacial score (nSPS) is 10.5. The summed E-state index contributed by atoms with van der Waals surface area (Å²) in [6, 6.07) is 2.56. The Morgan fingerprint density at radius 1 is 0.769 bits per heavy atom. The van der Waals surface area contributed by atoms with Crippen LogP contribution in [0.1, 0.15) is 62.6 Å². The Labute approximate surface area is 219 Å². The molecule has 14 heteroatoms. The summed E-state index contributed by atoms with van der Waals surface area (Å²) in [5.41, 5.74) is -0.924. The van der Waals surface area contributed by atoms with E-state index in [0.717, 1.165) is 0 Å². The standard InChI is InChI=1S/C13H15N3O4.C12H11NO6/c1-3-14-11(18)8-6-16-13-7(10(8)17)5-9(20-13)12(19)15-4-2;1-3-18-11(15)7-5-13-10-6(9(7)14)4-8(19-10)12(16)17-2/h5-6H,3-4H2,1-2H3,(H,14,18)(H,15,19)(H,16,17);4-5H,3H2,1-2H3,(H,13,14). The molecule has 4 heterocycles. The number of hydrogen-bond acceptors (Lipinski definition) is 10. The zero-order chi connectivity index (χ0) is 28.7. The van der Waals surface area contributed by atoms with Crippen molar-refractivity contribution in [2.75, 3.05) is 26.8 Å². The van der Waals surface area contributed by atoms with Crippen molar-refractivity contribution in [1.29, 1.82) is 0 Å². The largest absolute Gasteiger partial charge is 0.463 e. The first-order valence-corrected chi connectivity index (χ1v) is 11.8. The van der Waals surface area contributed by atoms with Gasteiger partial charge >= 0.3 is 11.9 Å². The predicted molar refractivity (Wildman–Crippen MR) is 137 cm³/mol. The molecule has 4 rings (SSSR count). The highest BCUT2D eigenvalue weighted by Gasteiger charge is 2.20. The molecule has 0 atom stereocenters. The first kappa shape index (κ1) is 28.4. The number of esters is 2. The Bertz CT molecular complexity index is 1660. The summed E-state index contributed by atoms with van der Waals surface area (Å²) in [4.78, 5) is 75.7. The first-order chi connectivity index (χ1) is 18.7. The van der Waals surface area contributed by atoms with Crippen LogP contribution in [0.4, 0.5) is 0 Å². The molecule has 14 nitrogen and oxygen atoms in total. The lowest BCUT2D eigenvalue weighted by molar-refractivity contribution is 0.0522. The van der Waals surface area contributed by atoms with E-state index in [1.807, 2.05) is 0 Å². The van der Waals surface area contributed by atoms with E-state index >= 15 is 0 Å². The zero-order valence-electron chi connectivity index (χ0n) is 21.5. The van der Waals surface area contributed by atoms with Crippen molar-refractivity contribution in [2.45, 2.75) is 20.8 Å². The number of aromatic amines is 2. The molecule has 0 saturated heterocycles. The van der Waals surface area contributed by atoms with E-state index in [9.17, 15) is 28.8 Å². The second kappa shape index (κ2) is 12.4. The number of furan rings is 2. The van der Waals surface area contributed by atoms with E-state index < -0.39 is 34.6 Å². The van der Waals surface area contributed by atoms with E-state index in [0.29, 0.717) is 13.1 Å². The topological polar surface area (TPSA) is 203 Å². The van der Waals surface area contributed by atoms with Gasteiger partial charge in [-0.1, -0.05) is 0 Å². The summed E-state index contributed by atoms with van der Waals surface area (Å²) >= 11 is 0. The molecule has 4 aromatic heterocycles. The van der Waals surface area contributed by atoms with Gasteiger partial charge in [0.1, 0.15) is 11.1 Å². The number of methoxy groups -OCH3 is 1. The summed E-state index contributed by atoms with van der Waals surface area (Å²) in [5, 5.41) is 5.39. The lowest BCUT2D eigenvalue weighted by atomic mass is 10.2. The van der Waals surface area contributed by atoms with Gasteiger partial charge < -0.3 is 38.9 Å². The van der Waals surface area contributed by atoms with Crippen molar-refractivity contribution in [3.8, 4) is 0 Å². The van der Waals surface area contributed by atoms with Gasteiger partial charge in [0.15, 0.2) is 5.76 Å². The van der Waals surface area contributed by atoms with E-state index in [2.05, 4.69) is 25.3 Å². The molecule has 0 fully saturated rings. The highest BCUT2D eigenvalue weighted by molar-refractivity contribution is 5.99. The molecule has 2 amide bonds. The maximum Gasteiger partial charge on any atom is 0.374 e. The van der Waals surface area contributed by atoms with Crippen molar-refractivity contribution in [2.24, 2.45) is 0 Å². The number of ether oxygens (including phenoxy) is 2. The average Bonchev–Trinajstić information content (AvgIpc) is 3.55. The molecule has 0 aromatic carbocycles. The van der Waals surface area contributed by atoms with Gasteiger partial charge in [0.2, 0.25) is 28.0 Å². The molecular formula is C25H26N4O10. The maximum absolute atomic E-state index is 12.2. The minimum absolute atomic E-state index is 0.0115. The van der Waals surface area contributed by atoms with E-state index in [-0.39, 0.29) is 51.5 Å². The van der Waals surface area contributed by atoms with Crippen LogP contribution in [0.2, 0.25) is 0 Å². The van der Waals surface area contributed by atoms with Gasteiger partial charge in [0, 0.05) is 37.6 Å². The second-order valence-electron chi connectivity index (χ2n) is 7.70. The third-order valence-electron chi connectivity index (χ3n) is 5.16. The minimum Gasteiger partial charge on any atom is -0.463 e. The van der Waals surface area contributed by atoms with Crippen molar-refractivity contribution < 1.29 is 37.5 Å². The fourth-order valence-corrected chi connectivity index (χ4v) is 3.38. The number of rotatable bonds is 7. The highest BCUT2D eigenvalue weighted by Crippen LogP contribution is 2.16. The van der Waals surface area contributed by atoms with Crippen molar-refractivity contribution in [3.05, 3.63) is 67.6 Å². The third-order valence-corrected chi connectivity index (χ3v) is 5.16. The monoisotopic (exact) mass is 542 g/mol. The summed E-state index contributed by atoms with van der Waals surface area (Å²) in [6.07, 6.45) is 2.47. The molecule has 39 heavy (non-hydrogen) atoms. The molecule has 206 valence electrons. The van der Waals surface area contributed by atoms with Crippen molar-refractivity contribution in [3.63, 3.8) is 0 Å². The molecule has 0 radical (unpaired) electrons. The predicted octanol–water partition coefficient (Wildman–Crippen LogP) is 1.70. The third kappa shape index (κ3) is 6.06. The van der Waals surface area contributed by atoms with Gasteiger partial charge in [0.25, 0.3) is 11.8 Å². The fraction of sp³-hybridized carbons (Fsp3) is 0.280. The van der Waals surface area contributed by atoms with E-state index in [1.165, 1.54) is 31.6 Å². The molecule has 4 aromatic rings. The summed E-state index contributed by atoms with van der Waals surface area (Å²) in [5.74, 6) is -2.39. The average molecular weight is 543 g/mol. The van der Waals surface area contributed by atoms with Crippen LogP contribution in [0, 0.1) is 0 Å². The lowest BCUT2D eigenvalue weighted by Gasteiger charge is -2.00. The van der Waals surface area contributed by atoms with Gasteiger partial charge in [0.05, 0.1) is 24.5 Å². The van der Waals surface area contributed by atoms with Crippen LogP contribution in [0.3, 0.4) is 0 Å². The number of hydrogen-bond donors (Lipinski definition) is 4. The molecule has 0 spiro atoms. The number of pyridine rings is 2. The van der Waals surface area contributed by atoms with E-state index in [1.54, 1.807) is 20.8 Å². The Balaban J connectivity index is 0.000000216. The lowest BCUT2D eigenvalue weighted by Crippen LogP contribution is -2.28. The Morgan fingerprint density at radius 3 is 1.85 bits per heavy atom. The summed E-state index contributed by atoms with van der Waals surface area (Å²) < 4.78 is 19.6. The molecular weight excluding hydrogens is 516 g/mol. The number of carbonyl (C=O) groups is 4. The number of H-pyrrole nitrogens is 2. The van der Waals surface area contributed by atoms with Gasteiger partial charge in [-0.25, -0.2) is 9.59 Å². The van der Waals surface area contributed by atoms with Crippen LogP contribution in [0.25, 0.3) is 22.2 Å². The fourth-order valence-electron chi connectivity index (χ4n) is 3.38. The van der Waals surface area contributed by atoms with Gasteiger partial charge in [-0.2, -0.15) is 0 Å². The minimum atomic E-state index is -0.730. The van der Waals surface area contributed by atoms with Crippen LogP contribution >= 0.6 is 0 Å². The number of amides is 2. The Kier molecular flexibility index (Phi) is 9.04. The quantitative estimate of drug-likeness (QED) is 0.249. The molecule has 0 aliphatic carbocycles. The number of nitrogens with one attached hydrogen (secondary N) is 4. The number of aromatic nitrogens is 2. The zero-order valence-corrected chi connectivity index (χ0v) is 21.5. The highest BCUT2D eigenvalue weighted by atomic mass is 16.5. The number of carbonyl (C=O) groups excluding carboxylic acids is 4. The SMILES string of the molecule is CCNC(=O)c1cc2c(=O)c(C(=O)NCC)c[nH]c2o1.CCOC(=O)c1c[nH]c2oc(C(=O)OC)cc2c1=O. The second-order valence-corrected chi connectivity index (χ2v) is 7.70. The maximum atomic E-state index is 12.2.